The third-order valence-electron chi connectivity index (χ3n) is 0.941. The van der Waals surface area contributed by atoms with Crippen molar-refractivity contribution in [2.75, 3.05) is 0 Å². The molecule has 0 bridgehead atoms. The van der Waals surface area contributed by atoms with Gasteiger partial charge in [0.15, 0.2) is 0 Å². The van der Waals surface area contributed by atoms with Gasteiger partial charge in [-0.1, -0.05) is 10.9 Å². The van der Waals surface area contributed by atoms with Gasteiger partial charge in [0, 0.05) is 5.10 Å². The lowest BCUT2D eigenvalue weighted by molar-refractivity contribution is -0.394. The summed E-state index contributed by atoms with van der Waals surface area (Å²) < 4.78 is 1.22. The second-order valence-electron chi connectivity index (χ2n) is 1.70. The first-order valence-corrected chi connectivity index (χ1v) is 2.71. The molecule has 6 nitrogen and oxygen atoms in total. The van der Waals surface area contributed by atoms with Crippen LogP contribution in [0.2, 0.25) is 0 Å². The van der Waals surface area contributed by atoms with Crippen molar-refractivity contribution in [1.82, 2.24) is 14.8 Å². The molecule has 0 N–H and O–H groups in total. The Bertz CT molecular complexity index is 311. The predicted molar refractivity (Wildman–Crippen MR) is 35.5 cm³/mol. The van der Waals surface area contributed by atoms with Crippen molar-refractivity contribution in [1.29, 1.82) is 0 Å². The van der Waals surface area contributed by atoms with Crippen molar-refractivity contribution in [2.45, 2.75) is 6.54 Å². The molecule has 1 heterocycles. The highest BCUT2D eigenvalue weighted by Crippen LogP contribution is 1.98. The summed E-state index contributed by atoms with van der Waals surface area (Å²) >= 11 is 0. The molecule has 0 saturated heterocycles. The summed E-state index contributed by atoms with van der Waals surface area (Å²) in [5, 5.41) is 13.5. The minimum atomic E-state index is -0.674. The number of aromatic nitrogens is 3. The van der Waals surface area contributed by atoms with Gasteiger partial charge in [-0.25, -0.2) is 0 Å². The molecule has 0 spiro atoms. The molecule has 0 fully saturated rings. The van der Waals surface area contributed by atoms with Crippen molar-refractivity contribution >= 4 is 5.95 Å². The van der Waals surface area contributed by atoms with E-state index in [1.165, 1.54) is 11.0 Å². The third kappa shape index (κ3) is 1.52. The van der Waals surface area contributed by atoms with Crippen molar-refractivity contribution in [3.05, 3.63) is 16.4 Å². The second kappa shape index (κ2) is 2.79. The lowest BCUT2D eigenvalue weighted by atomic mass is 10.7. The average Bonchev–Trinajstić information content (AvgIpc) is 2.37. The zero-order chi connectivity index (χ0) is 8.27. The number of hydrogen-bond acceptors (Lipinski definition) is 4. The van der Waals surface area contributed by atoms with Crippen LogP contribution in [0.4, 0.5) is 5.95 Å². The average molecular weight is 152 g/mol. The molecular formula is C5H4N4O2. The molecule has 0 radical (unpaired) electrons. The van der Waals surface area contributed by atoms with E-state index in [1.54, 1.807) is 0 Å². The molecule has 1 aromatic rings. The van der Waals surface area contributed by atoms with E-state index in [0.29, 0.717) is 0 Å². The minimum absolute atomic E-state index is 0.195. The molecule has 11 heavy (non-hydrogen) atoms. The van der Waals surface area contributed by atoms with Crippen LogP contribution in [0.1, 0.15) is 0 Å². The second-order valence-corrected chi connectivity index (χ2v) is 1.70. The number of terminal acetylenes is 1. The van der Waals surface area contributed by atoms with E-state index >= 15 is 0 Å². The van der Waals surface area contributed by atoms with Gasteiger partial charge in [0.1, 0.15) is 6.54 Å². The van der Waals surface area contributed by atoms with E-state index < -0.39 is 10.9 Å². The van der Waals surface area contributed by atoms with E-state index in [-0.39, 0.29) is 6.54 Å². The molecule has 0 aliphatic heterocycles. The highest BCUT2D eigenvalue weighted by Gasteiger charge is 2.11. The van der Waals surface area contributed by atoms with Crippen LogP contribution in [-0.4, -0.2) is 19.7 Å². The fraction of sp³-hybridized carbons (Fsp3) is 0.200. The Morgan fingerprint density at radius 3 is 3.09 bits per heavy atom. The highest BCUT2D eigenvalue weighted by atomic mass is 16.6. The van der Waals surface area contributed by atoms with Gasteiger partial charge in [-0.15, -0.1) is 6.42 Å². The smallest absolute Gasteiger partial charge is 0.390 e. The normalized spacial score (nSPS) is 9.00. The maximum atomic E-state index is 10.0. The Hall–Kier alpha value is -1.90. The van der Waals surface area contributed by atoms with E-state index in [9.17, 15) is 10.1 Å². The monoisotopic (exact) mass is 152 g/mol. The summed E-state index contributed by atoms with van der Waals surface area (Å²) in [6.07, 6.45) is 6.16. The summed E-state index contributed by atoms with van der Waals surface area (Å²) in [5.41, 5.74) is 0. The SMILES string of the molecule is C#CCn1cnc([N+](=O)[O-])n1. The first-order valence-electron chi connectivity index (χ1n) is 2.71. The van der Waals surface area contributed by atoms with Crippen molar-refractivity contribution in [3.63, 3.8) is 0 Å². The zero-order valence-corrected chi connectivity index (χ0v) is 5.47. The zero-order valence-electron chi connectivity index (χ0n) is 5.47. The van der Waals surface area contributed by atoms with Gasteiger partial charge in [0.05, 0.1) is 0 Å². The summed E-state index contributed by atoms with van der Waals surface area (Å²) in [5.74, 6) is 1.84. The van der Waals surface area contributed by atoms with Gasteiger partial charge in [-0.3, -0.25) is 0 Å². The number of nitrogens with zero attached hydrogens (tertiary/aromatic N) is 4. The number of rotatable bonds is 2. The maximum absolute atomic E-state index is 10.0. The third-order valence-corrected chi connectivity index (χ3v) is 0.941. The standard InChI is InChI=1S/C5H4N4O2/c1-2-3-8-4-6-5(7-8)9(10)11/h1,4H,3H2. The van der Waals surface area contributed by atoms with Gasteiger partial charge in [-0.05, 0) is 4.92 Å². The molecule has 1 rings (SSSR count). The Kier molecular flexibility index (Phi) is 1.83. The Morgan fingerprint density at radius 2 is 2.64 bits per heavy atom. The van der Waals surface area contributed by atoms with E-state index in [1.807, 2.05) is 0 Å². The molecule has 0 unspecified atom stereocenters. The molecule has 0 aliphatic carbocycles. The summed E-state index contributed by atoms with van der Waals surface area (Å²) in [6, 6.07) is 0. The van der Waals surface area contributed by atoms with Gasteiger partial charge in [0.25, 0.3) is 0 Å². The first kappa shape index (κ1) is 7.21. The first-order chi connectivity index (χ1) is 5.24. The molecule has 56 valence electrons. The van der Waals surface area contributed by atoms with Crippen LogP contribution in [0.25, 0.3) is 0 Å². The van der Waals surface area contributed by atoms with Crippen LogP contribution >= 0.6 is 0 Å². The van der Waals surface area contributed by atoms with Crippen LogP contribution in [-0.2, 0) is 6.54 Å². The van der Waals surface area contributed by atoms with Crippen LogP contribution in [0.15, 0.2) is 6.33 Å². The van der Waals surface area contributed by atoms with Gasteiger partial charge in [0.2, 0.25) is 6.33 Å². The fourth-order valence-electron chi connectivity index (χ4n) is 0.538. The van der Waals surface area contributed by atoms with Gasteiger partial charge < -0.3 is 10.1 Å². The molecule has 0 amide bonds. The topological polar surface area (TPSA) is 73.8 Å². The van der Waals surface area contributed by atoms with E-state index in [0.717, 1.165) is 0 Å². The maximum Gasteiger partial charge on any atom is 0.490 e. The minimum Gasteiger partial charge on any atom is -0.390 e. The molecule has 0 saturated carbocycles. The number of hydrogen-bond donors (Lipinski definition) is 0. The van der Waals surface area contributed by atoms with Crippen molar-refractivity contribution in [2.24, 2.45) is 0 Å². The summed E-state index contributed by atoms with van der Waals surface area (Å²) in [6.45, 7) is 0.195. The van der Waals surface area contributed by atoms with Crippen LogP contribution in [0, 0.1) is 22.5 Å². The van der Waals surface area contributed by atoms with E-state index in [2.05, 4.69) is 16.0 Å². The largest absolute Gasteiger partial charge is 0.490 e. The highest BCUT2D eigenvalue weighted by molar-refractivity contribution is 4.98. The van der Waals surface area contributed by atoms with Gasteiger partial charge in [-0.2, -0.15) is 4.68 Å². The quantitative estimate of drug-likeness (QED) is 0.334. The molecule has 0 aliphatic rings. The lowest BCUT2D eigenvalue weighted by Crippen LogP contribution is -1.97. The van der Waals surface area contributed by atoms with Crippen LogP contribution in [0.3, 0.4) is 0 Å². The molecule has 0 atom stereocenters. The fourth-order valence-corrected chi connectivity index (χ4v) is 0.538. The molecule has 1 aromatic heterocycles. The van der Waals surface area contributed by atoms with Gasteiger partial charge >= 0.3 is 5.95 Å². The Labute approximate surface area is 62.0 Å². The Morgan fingerprint density at radius 1 is 1.91 bits per heavy atom. The van der Waals surface area contributed by atoms with Crippen molar-refractivity contribution < 1.29 is 4.92 Å². The van der Waals surface area contributed by atoms with Crippen molar-refractivity contribution in [3.8, 4) is 12.3 Å². The Balaban J connectivity index is 2.83. The lowest BCUT2D eigenvalue weighted by Gasteiger charge is -1.84. The molecular weight excluding hydrogens is 148 g/mol. The summed E-state index contributed by atoms with van der Waals surface area (Å²) in [7, 11) is 0. The molecule has 0 aromatic carbocycles. The summed E-state index contributed by atoms with van der Waals surface area (Å²) in [4.78, 5) is 12.8. The number of nitro groups is 1. The van der Waals surface area contributed by atoms with Crippen LogP contribution < -0.4 is 0 Å². The van der Waals surface area contributed by atoms with E-state index in [4.69, 9.17) is 6.42 Å². The predicted octanol–water partition coefficient (Wildman–Crippen LogP) is -0.181. The van der Waals surface area contributed by atoms with Crippen LogP contribution in [0.5, 0.6) is 0 Å². The molecule has 6 heteroatoms.